The molecule has 0 fully saturated rings. The van der Waals surface area contributed by atoms with Crippen molar-refractivity contribution < 1.29 is 8.78 Å². The van der Waals surface area contributed by atoms with E-state index >= 15 is 0 Å². The van der Waals surface area contributed by atoms with Gasteiger partial charge < -0.3 is 4.98 Å². The van der Waals surface area contributed by atoms with Gasteiger partial charge in [0, 0.05) is 41.7 Å². The van der Waals surface area contributed by atoms with Crippen LogP contribution in [-0.2, 0) is 12.5 Å². The summed E-state index contributed by atoms with van der Waals surface area (Å²) in [5.41, 5.74) is 2.02. The van der Waals surface area contributed by atoms with Crippen molar-refractivity contribution in [1.82, 2.24) is 24.1 Å². The maximum Gasteiger partial charge on any atom is 0.350 e. The molecule has 0 amide bonds. The fourth-order valence-electron chi connectivity index (χ4n) is 3.90. The lowest BCUT2D eigenvalue weighted by atomic mass is 9.96. The van der Waals surface area contributed by atoms with Crippen molar-refractivity contribution >= 4 is 17.2 Å². The van der Waals surface area contributed by atoms with Crippen LogP contribution in [0.25, 0.3) is 27.9 Å². The summed E-state index contributed by atoms with van der Waals surface area (Å²) in [6.07, 6.45) is 4.90. The van der Waals surface area contributed by atoms with E-state index in [0.717, 1.165) is 27.4 Å². The third-order valence-corrected chi connectivity index (χ3v) is 5.91. The SMILES string of the molecule is CC(F)(F)c1ccc(Cn2nc3c(-c4ccncc4)c(-c4ccc(Cl)cc4)ccn3c2=O)c(=O)[nH]1. The van der Waals surface area contributed by atoms with E-state index in [9.17, 15) is 18.4 Å². The van der Waals surface area contributed by atoms with E-state index in [0.29, 0.717) is 23.2 Å². The molecule has 1 N–H and O–H groups in total. The molecular formula is C25H18ClF2N5O2. The maximum absolute atomic E-state index is 13.5. The fraction of sp³-hybridized carbons (Fsp3) is 0.120. The summed E-state index contributed by atoms with van der Waals surface area (Å²) >= 11 is 6.06. The number of benzene rings is 1. The number of aromatic amines is 1. The molecule has 7 nitrogen and oxygen atoms in total. The van der Waals surface area contributed by atoms with Crippen molar-refractivity contribution in [3.63, 3.8) is 0 Å². The molecule has 4 aromatic heterocycles. The summed E-state index contributed by atoms with van der Waals surface area (Å²) in [6, 6.07) is 15.2. The molecule has 10 heteroatoms. The van der Waals surface area contributed by atoms with E-state index in [1.165, 1.54) is 10.5 Å². The number of hydrogen-bond acceptors (Lipinski definition) is 4. The minimum Gasteiger partial charge on any atom is -0.321 e. The van der Waals surface area contributed by atoms with E-state index in [-0.39, 0.29) is 12.1 Å². The van der Waals surface area contributed by atoms with Gasteiger partial charge in [-0.2, -0.15) is 0 Å². The van der Waals surface area contributed by atoms with Gasteiger partial charge in [0.2, 0.25) is 0 Å². The summed E-state index contributed by atoms with van der Waals surface area (Å²) in [5, 5.41) is 5.11. The Hall–Kier alpha value is -4.11. The number of aromatic nitrogens is 5. The van der Waals surface area contributed by atoms with Crippen LogP contribution >= 0.6 is 11.6 Å². The second-order valence-electron chi connectivity index (χ2n) is 8.10. The Morgan fingerprint density at radius 3 is 2.34 bits per heavy atom. The first-order valence-corrected chi connectivity index (χ1v) is 11.0. The number of nitrogens with one attached hydrogen (secondary N) is 1. The predicted octanol–water partition coefficient (Wildman–Crippen LogP) is 4.73. The molecule has 5 aromatic rings. The molecule has 0 atom stereocenters. The van der Waals surface area contributed by atoms with Crippen LogP contribution < -0.4 is 11.2 Å². The molecule has 0 aliphatic rings. The number of fused-ring (bicyclic) bond motifs is 1. The summed E-state index contributed by atoms with van der Waals surface area (Å²) in [7, 11) is 0. The van der Waals surface area contributed by atoms with Crippen LogP contribution in [0.4, 0.5) is 8.78 Å². The maximum atomic E-state index is 13.5. The Balaban J connectivity index is 1.68. The van der Waals surface area contributed by atoms with Crippen LogP contribution in [0.1, 0.15) is 18.2 Å². The first kappa shape index (κ1) is 22.7. The molecule has 0 aliphatic carbocycles. The molecule has 0 radical (unpaired) electrons. The van der Waals surface area contributed by atoms with Gasteiger partial charge in [0.25, 0.3) is 11.5 Å². The average molecular weight is 494 g/mol. The Bertz CT molecular complexity index is 1650. The van der Waals surface area contributed by atoms with Crippen LogP contribution in [-0.4, -0.2) is 24.1 Å². The number of rotatable bonds is 5. The molecule has 176 valence electrons. The van der Waals surface area contributed by atoms with Crippen molar-refractivity contribution in [2.24, 2.45) is 0 Å². The molecule has 0 spiro atoms. The third-order valence-electron chi connectivity index (χ3n) is 5.66. The van der Waals surface area contributed by atoms with Crippen LogP contribution in [0.3, 0.4) is 0 Å². The standard InChI is InChI=1S/C25H18ClF2N5O2/c1-25(27,28)20-7-4-17(23(34)30-20)14-33-24(35)32-13-10-19(15-2-5-18(26)6-3-15)21(22(32)31-33)16-8-11-29-12-9-16/h2-13H,14H2,1H3,(H,30,34). The van der Waals surface area contributed by atoms with Crippen molar-refractivity contribution in [3.8, 4) is 22.3 Å². The van der Waals surface area contributed by atoms with E-state index in [1.54, 1.807) is 30.7 Å². The number of nitrogens with zero attached hydrogens (tertiary/aromatic N) is 4. The lowest BCUT2D eigenvalue weighted by Crippen LogP contribution is -2.26. The van der Waals surface area contributed by atoms with Crippen molar-refractivity contribution in [2.45, 2.75) is 19.4 Å². The summed E-state index contributed by atoms with van der Waals surface area (Å²) < 4.78 is 29.6. The lowest BCUT2D eigenvalue weighted by molar-refractivity contribution is 0.0125. The minimum atomic E-state index is -3.19. The number of alkyl halides is 2. The average Bonchev–Trinajstić information content (AvgIpc) is 3.15. The highest BCUT2D eigenvalue weighted by Crippen LogP contribution is 2.34. The third kappa shape index (κ3) is 4.26. The topological polar surface area (TPSA) is 85.1 Å². The highest BCUT2D eigenvalue weighted by atomic mass is 35.5. The first-order valence-electron chi connectivity index (χ1n) is 10.6. The largest absolute Gasteiger partial charge is 0.350 e. The second kappa shape index (κ2) is 8.59. The molecular weight excluding hydrogens is 476 g/mol. The van der Waals surface area contributed by atoms with Crippen LogP contribution in [0.2, 0.25) is 5.02 Å². The lowest BCUT2D eigenvalue weighted by Gasteiger charge is -2.11. The molecule has 0 bridgehead atoms. The Morgan fingerprint density at radius 2 is 1.69 bits per heavy atom. The van der Waals surface area contributed by atoms with Gasteiger partial charge in [-0.15, -0.1) is 5.10 Å². The molecule has 4 heterocycles. The molecule has 0 saturated carbocycles. The van der Waals surface area contributed by atoms with E-state index in [1.807, 2.05) is 30.3 Å². The van der Waals surface area contributed by atoms with Gasteiger partial charge in [-0.3, -0.25) is 9.78 Å². The smallest absolute Gasteiger partial charge is 0.321 e. The summed E-state index contributed by atoms with van der Waals surface area (Å²) in [5.74, 6) is -3.19. The van der Waals surface area contributed by atoms with Gasteiger partial charge in [-0.05, 0) is 59.2 Å². The van der Waals surface area contributed by atoms with E-state index in [4.69, 9.17) is 11.6 Å². The zero-order valence-corrected chi connectivity index (χ0v) is 19.1. The van der Waals surface area contributed by atoms with E-state index < -0.39 is 22.9 Å². The fourth-order valence-corrected chi connectivity index (χ4v) is 4.03. The highest BCUT2D eigenvalue weighted by Gasteiger charge is 2.26. The Morgan fingerprint density at radius 1 is 0.971 bits per heavy atom. The Labute approximate surface area is 202 Å². The number of halogens is 3. The summed E-state index contributed by atoms with van der Waals surface area (Å²) in [6.45, 7) is 0.515. The van der Waals surface area contributed by atoms with Crippen LogP contribution in [0.15, 0.2) is 82.8 Å². The quantitative estimate of drug-likeness (QED) is 0.384. The van der Waals surface area contributed by atoms with Crippen LogP contribution in [0, 0.1) is 0 Å². The predicted molar refractivity (Wildman–Crippen MR) is 129 cm³/mol. The first-order chi connectivity index (χ1) is 16.7. The number of H-pyrrole nitrogens is 1. The molecule has 0 aliphatic heterocycles. The highest BCUT2D eigenvalue weighted by molar-refractivity contribution is 6.30. The molecule has 35 heavy (non-hydrogen) atoms. The number of pyridine rings is 3. The van der Waals surface area contributed by atoms with Crippen molar-refractivity contribution in [1.29, 1.82) is 0 Å². The zero-order chi connectivity index (χ0) is 24.7. The molecule has 0 saturated heterocycles. The van der Waals surface area contributed by atoms with Gasteiger partial charge in [0.1, 0.15) is 0 Å². The summed E-state index contributed by atoms with van der Waals surface area (Å²) in [4.78, 5) is 31.8. The van der Waals surface area contributed by atoms with Gasteiger partial charge in [0.15, 0.2) is 5.65 Å². The number of hydrogen-bond donors (Lipinski definition) is 1. The zero-order valence-electron chi connectivity index (χ0n) is 18.4. The van der Waals surface area contributed by atoms with Crippen LogP contribution in [0.5, 0.6) is 0 Å². The second-order valence-corrected chi connectivity index (χ2v) is 8.53. The minimum absolute atomic E-state index is 0.131. The normalized spacial score (nSPS) is 11.8. The molecule has 5 rings (SSSR count). The van der Waals surface area contributed by atoms with Gasteiger partial charge in [0.05, 0.1) is 12.2 Å². The van der Waals surface area contributed by atoms with E-state index in [2.05, 4.69) is 15.1 Å². The van der Waals surface area contributed by atoms with Gasteiger partial charge in [-0.1, -0.05) is 23.7 Å². The monoisotopic (exact) mass is 493 g/mol. The van der Waals surface area contributed by atoms with Gasteiger partial charge >= 0.3 is 5.69 Å². The Kier molecular flexibility index (Phi) is 5.56. The van der Waals surface area contributed by atoms with Gasteiger partial charge in [-0.25, -0.2) is 22.7 Å². The van der Waals surface area contributed by atoms with Crippen molar-refractivity contribution in [2.75, 3.05) is 0 Å². The van der Waals surface area contributed by atoms with Crippen molar-refractivity contribution in [3.05, 3.63) is 110 Å². The molecule has 0 unspecified atom stereocenters. The molecule has 1 aromatic carbocycles.